The molecule has 4 aromatic rings. The van der Waals surface area contributed by atoms with Crippen LogP contribution in [0.5, 0.6) is 0 Å². The molecule has 4 rings (SSSR count). The van der Waals surface area contributed by atoms with Crippen LogP contribution in [0.15, 0.2) is 48.8 Å². The van der Waals surface area contributed by atoms with Crippen molar-refractivity contribution < 1.29 is 13.2 Å². The van der Waals surface area contributed by atoms with Crippen LogP contribution in [-0.4, -0.2) is 19.9 Å². The zero-order chi connectivity index (χ0) is 16.0. The fourth-order valence-electron chi connectivity index (χ4n) is 2.42. The molecule has 0 fully saturated rings. The first-order valence-corrected chi connectivity index (χ1v) is 6.79. The molecule has 0 saturated carbocycles. The second-order valence-corrected chi connectivity index (χ2v) is 5.08. The van der Waals surface area contributed by atoms with Crippen LogP contribution in [0.4, 0.5) is 13.2 Å². The molecule has 4 nitrogen and oxygen atoms in total. The van der Waals surface area contributed by atoms with Crippen LogP contribution in [0, 0.1) is 0 Å². The molecule has 0 spiro atoms. The van der Waals surface area contributed by atoms with E-state index in [4.69, 9.17) is 0 Å². The first kappa shape index (κ1) is 13.7. The number of nitrogens with one attached hydrogen (secondary N) is 1. The van der Waals surface area contributed by atoms with Crippen molar-refractivity contribution in [1.29, 1.82) is 0 Å². The number of aromatic amines is 1. The van der Waals surface area contributed by atoms with Crippen molar-refractivity contribution in [2.75, 3.05) is 0 Å². The summed E-state index contributed by atoms with van der Waals surface area (Å²) in [7, 11) is 0. The number of alkyl halides is 3. The lowest BCUT2D eigenvalue weighted by Gasteiger charge is -2.03. The number of nitrogens with zero attached hydrogens (tertiary/aromatic N) is 3. The van der Waals surface area contributed by atoms with E-state index in [0.717, 1.165) is 28.7 Å². The highest BCUT2D eigenvalue weighted by Gasteiger charge is 2.32. The van der Waals surface area contributed by atoms with E-state index in [1.807, 2.05) is 30.3 Å². The Morgan fingerprint density at radius 1 is 0.957 bits per heavy atom. The van der Waals surface area contributed by atoms with Gasteiger partial charge >= 0.3 is 6.18 Å². The zero-order valence-corrected chi connectivity index (χ0v) is 11.6. The van der Waals surface area contributed by atoms with E-state index < -0.39 is 11.9 Å². The van der Waals surface area contributed by atoms with E-state index in [1.54, 1.807) is 6.20 Å². The molecule has 0 aliphatic rings. The average Bonchev–Trinajstić information content (AvgIpc) is 2.96. The maximum absolute atomic E-state index is 12.7. The predicted octanol–water partition coefficient (Wildman–Crippen LogP) is 4.19. The highest BCUT2D eigenvalue weighted by molar-refractivity contribution is 5.85. The Balaban J connectivity index is 1.84. The van der Waals surface area contributed by atoms with Crippen LogP contribution in [0.2, 0.25) is 0 Å². The third-order valence-corrected chi connectivity index (χ3v) is 3.54. The summed E-state index contributed by atoms with van der Waals surface area (Å²) in [4.78, 5) is 14.9. The molecule has 114 valence electrons. The number of pyridine rings is 2. The van der Waals surface area contributed by atoms with Gasteiger partial charge in [0.25, 0.3) is 0 Å². The summed E-state index contributed by atoms with van der Waals surface area (Å²) in [6, 6.07) is 10.3. The summed E-state index contributed by atoms with van der Waals surface area (Å²) in [5.74, 6) is 0.480. The number of hydrogen-bond donors (Lipinski definition) is 1. The Morgan fingerprint density at radius 2 is 1.83 bits per heavy atom. The second kappa shape index (κ2) is 4.77. The molecular weight excluding hydrogens is 305 g/mol. The first-order valence-electron chi connectivity index (χ1n) is 6.79. The van der Waals surface area contributed by atoms with Gasteiger partial charge in [0.2, 0.25) is 0 Å². The van der Waals surface area contributed by atoms with Gasteiger partial charge in [-0.2, -0.15) is 13.2 Å². The van der Waals surface area contributed by atoms with E-state index in [2.05, 4.69) is 19.9 Å². The molecule has 3 heterocycles. The van der Waals surface area contributed by atoms with Gasteiger partial charge < -0.3 is 4.98 Å². The van der Waals surface area contributed by atoms with Crippen LogP contribution in [0.3, 0.4) is 0 Å². The minimum Gasteiger partial charge on any atom is -0.337 e. The van der Waals surface area contributed by atoms with Gasteiger partial charge in [0.05, 0.1) is 22.7 Å². The number of imidazole rings is 1. The van der Waals surface area contributed by atoms with Gasteiger partial charge in [0, 0.05) is 17.1 Å². The molecule has 0 radical (unpaired) electrons. The summed E-state index contributed by atoms with van der Waals surface area (Å²) in [5.41, 5.74) is 1.27. The number of benzene rings is 1. The van der Waals surface area contributed by atoms with Crippen molar-refractivity contribution in [3.63, 3.8) is 0 Å². The monoisotopic (exact) mass is 314 g/mol. The van der Waals surface area contributed by atoms with Crippen molar-refractivity contribution in [3.05, 3.63) is 54.5 Å². The van der Waals surface area contributed by atoms with E-state index in [9.17, 15) is 13.2 Å². The van der Waals surface area contributed by atoms with Gasteiger partial charge in [0.1, 0.15) is 11.5 Å². The number of fused-ring (bicyclic) bond motifs is 2. The van der Waals surface area contributed by atoms with Gasteiger partial charge in [-0.15, -0.1) is 0 Å². The van der Waals surface area contributed by atoms with Crippen LogP contribution in [-0.2, 0) is 6.18 Å². The van der Waals surface area contributed by atoms with Gasteiger partial charge in [0.15, 0.2) is 0 Å². The summed E-state index contributed by atoms with van der Waals surface area (Å²) >= 11 is 0. The molecule has 0 bridgehead atoms. The van der Waals surface area contributed by atoms with Gasteiger partial charge in [-0.3, -0.25) is 4.98 Å². The van der Waals surface area contributed by atoms with Gasteiger partial charge in [-0.1, -0.05) is 18.2 Å². The fraction of sp³-hybridized carbons (Fsp3) is 0.0625. The van der Waals surface area contributed by atoms with E-state index in [1.165, 1.54) is 0 Å². The molecule has 23 heavy (non-hydrogen) atoms. The fourth-order valence-corrected chi connectivity index (χ4v) is 2.42. The third kappa shape index (κ3) is 2.40. The maximum Gasteiger partial charge on any atom is 0.433 e. The van der Waals surface area contributed by atoms with Crippen LogP contribution >= 0.6 is 0 Å². The largest absolute Gasteiger partial charge is 0.433 e. The minimum atomic E-state index is -4.49. The van der Waals surface area contributed by atoms with Crippen molar-refractivity contribution in [2.45, 2.75) is 6.18 Å². The smallest absolute Gasteiger partial charge is 0.337 e. The van der Waals surface area contributed by atoms with Gasteiger partial charge in [-0.05, 0) is 18.2 Å². The second-order valence-electron chi connectivity index (χ2n) is 5.08. The van der Waals surface area contributed by atoms with E-state index >= 15 is 0 Å². The molecule has 0 aliphatic heterocycles. The lowest BCUT2D eigenvalue weighted by atomic mass is 10.1. The number of H-pyrrole nitrogens is 1. The molecule has 0 saturated heterocycles. The van der Waals surface area contributed by atoms with Crippen LogP contribution in [0.25, 0.3) is 33.3 Å². The number of rotatable bonds is 1. The van der Waals surface area contributed by atoms with E-state index in [0.29, 0.717) is 11.3 Å². The first-order chi connectivity index (χ1) is 11.0. The van der Waals surface area contributed by atoms with Crippen molar-refractivity contribution in [2.24, 2.45) is 0 Å². The minimum absolute atomic E-state index is 0.225. The molecule has 1 aromatic carbocycles. The molecule has 0 unspecified atom stereocenters. The lowest BCUT2D eigenvalue weighted by Crippen LogP contribution is -2.07. The summed E-state index contributed by atoms with van der Waals surface area (Å²) in [6.45, 7) is 0. The molecule has 7 heteroatoms. The summed E-state index contributed by atoms with van der Waals surface area (Å²) < 4.78 is 38.1. The molecule has 1 N–H and O–H groups in total. The van der Waals surface area contributed by atoms with Crippen molar-refractivity contribution >= 4 is 21.9 Å². The molecule has 0 aliphatic carbocycles. The standard InChI is InChI=1S/C16H9F3N4/c17-16(18,19)14-7-12-13(8-21-14)23-15(22-12)10-4-3-9-2-1-5-20-11(9)6-10/h1-8H,(H,22,23). The van der Waals surface area contributed by atoms with Gasteiger partial charge in [-0.25, -0.2) is 9.97 Å². The highest BCUT2D eigenvalue weighted by Crippen LogP contribution is 2.30. The quantitative estimate of drug-likeness (QED) is 0.573. The highest BCUT2D eigenvalue weighted by atomic mass is 19.4. The summed E-state index contributed by atoms with van der Waals surface area (Å²) in [5, 5.41) is 0.980. The van der Waals surface area contributed by atoms with Crippen molar-refractivity contribution in [1.82, 2.24) is 19.9 Å². The molecular formula is C16H9F3N4. The van der Waals surface area contributed by atoms with Crippen LogP contribution in [0.1, 0.15) is 5.69 Å². The van der Waals surface area contributed by atoms with Crippen molar-refractivity contribution in [3.8, 4) is 11.4 Å². The number of aromatic nitrogens is 4. The summed E-state index contributed by atoms with van der Waals surface area (Å²) in [6.07, 6.45) is -1.65. The Bertz CT molecular complexity index is 1020. The zero-order valence-electron chi connectivity index (χ0n) is 11.6. The maximum atomic E-state index is 12.7. The number of halogens is 3. The third-order valence-electron chi connectivity index (χ3n) is 3.54. The molecule has 0 atom stereocenters. The Kier molecular flexibility index (Phi) is 2.84. The topological polar surface area (TPSA) is 54.5 Å². The Labute approximate surface area is 128 Å². The lowest BCUT2D eigenvalue weighted by molar-refractivity contribution is -0.141. The average molecular weight is 314 g/mol. The molecule has 3 aromatic heterocycles. The van der Waals surface area contributed by atoms with Crippen LogP contribution < -0.4 is 0 Å². The number of hydrogen-bond acceptors (Lipinski definition) is 3. The van der Waals surface area contributed by atoms with E-state index in [-0.39, 0.29) is 5.52 Å². The predicted molar refractivity (Wildman–Crippen MR) is 79.6 cm³/mol. The normalized spacial score (nSPS) is 12.1. The SMILES string of the molecule is FC(F)(F)c1cc2nc(-c3ccc4cccnc4c3)[nH]c2cn1. The Morgan fingerprint density at radius 3 is 2.65 bits per heavy atom. The molecule has 0 amide bonds. The Hall–Kier alpha value is -2.96.